The average Bonchev–Trinajstić information content (AvgIpc) is 2.77. The highest BCUT2D eigenvalue weighted by atomic mass is 16.5. The summed E-state index contributed by atoms with van der Waals surface area (Å²) in [5.74, 6) is 1.12. The summed E-state index contributed by atoms with van der Waals surface area (Å²) in [5.41, 5.74) is 1.54. The smallest absolute Gasteiger partial charge is 0.190 e. The van der Waals surface area contributed by atoms with E-state index in [0.717, 1.165) is 18.4 Å². The quantitative estimate of drug-likeness (QED) is 0.794. The molecule has 2 aliphatic carbocycles. The van der Waals surface area contributed by atoms with E-state index in [0.29, 0.717) is 30.1 Å². The van der Waals surface area contributed by atoms with Gasteiger partial charge in [-0.05, 0) is 39.0 Å². The Morgan fingerprint density at radius 1 is 1.52 bits per heavy atom. The minimum absolute atomic E-state index is 0.187. The van der Waals surface area contributed by atoms with E-state index in [4.69, 9.17) is 9.47 Å². The number of carbonyl (C=O) groups is 1. The maximum absolute atomic E-state index is 12.3. The Balaban J connectivity index is 1.99. The van der Waals surface area contributed by atoms with Crippen LogP contribution in [0, 0.1) is 11.8 Å². The Kier molecular flexibility index (Phi) is 3.49. The Morgan fingerprint density at radius 2 is 2.24 bits per heavy atom. The van der Waals surface area contributed by atoms with Crippen LogP contribution in [0.3, 0.4) is 0 Å². The van der Waals surface area contributed by atoms with Crippen molar-refractivity contribution in [1.82, 2.24) is 0 Å². The third-order valence-corrected chi connectivity index (χ3v) is 5.53. The fourth-order valence-corrected chi connectivity index (χ4v) is 4.27. The summed E-state index contributed by atoms with van der Waals surface area (Å²) in [6, 6.07) is 0. The molecule has 1 fully saturated rings. The van der Waals surface area contributed by atoms with Gasteiger partial charge in [0.1, 0.15) is 23.6 Å². The fraction of sp³-hybridized carbons (Fsp3) is 0.706. The van der Waals surface area contributed by atoms with Crippen molar-refractivity contribution in [2.45, 2.75) is 57.3 Å². The predicted octanol–water partition coefficient (Wildman–Crippen LogP) is 2.37. The summed E-state index contributed by atoms with van der Waals surface area (Å²) in [5, 5.41) is 9.96. The molecule has 1 heterocycles. The standard InChI is InChI=1S/C17H24O4/c1-9(2)10-5-6-17(3)12(10)7-11-15(19)13(18)8-14(20-4)16(11)21-17/h10,12-14,18H,1,5-8H2,2-4H3. The van der Waals surface area contributed by atoms with Gasteiger partial charge in [0.15, 0.2) is 5.78 Å². The number of hydrogen-bond donors (Lipinski definition) is 1. The summed E-state index contributed by atoms with van der Waals surface area (Å²) in [6.45, 7) is 8.28. The molecule has 5 unspecified atom stereocenters. The number of methoxy groups -OCH3 is 1. The molecule has 116 valence electrons. The number of Topliss-reactive ketones (excluding diaryl/α,β-unsaturated/α-hetero) is 1. The molecule has 0 spiro atoms. The Hall–Kier alpha value is -1.13. The number of aliphatic hydroxyl groups is 1. The van der Waals surface area contributed by atoms with E-state index >= 15 is 0 Å². The molecule has 1 saturated carbocycles. The van der Waals surface area contributed by atoms with Crippen LogP contribution in [0.2, 0.25) is 0 Å². The zero-order valence-electron chi connectivity index (χ0n) is 13.0. The summed E-state index contributed by atoms with van der Waals surface area (Å²) in [6.07, 6.45) is 1.70. The second kappa shape index (κ2) is 4.96. The van der Waals surface area contributed by atoms with Crippen LogP contribution in [-0.2, 0) is 14.3 Å². The predicted molar refractivity (Wildman–Crippen MR) is 78.6 cm³/mol. The lowest BCUT2D eigenvalue weighted by molar-refractivity contribution is -0.134. The van der Waals surface area contributed by atoms with Crippen molar-refractivity contribution in [3.05, 3.63) is 23.5 Å². The van der Waals surface area contributed by atoms with E-state index < -0.39 is 6.10 Å². The first-order valence-electron chi connectivity index (χ1n) is 7.70. The highest BCUT2D eigenvalue weighted by Gasteiger charge is 2.53. The largest absolute Gasteiger partial charge is 0.488 e. The average molecular weight is 292 g/mol. The van der Waals surface area contributed by atoms with Crippen LogP contribution in [0.1, 0.15) is 39.5 Å². The van der Waals surface area contributed by atoms with Crippen LogP contribution < -0.4 is 0 Å². The lowest BCUT2D eigenvalue weighted by Gasteiger charge is -2.44. The maximum Gasteiger partial charge on any atom is 0.190 e. The van der Waals surface area contributed by atoms with E-state index in [-0.39, 0.29) is 23.4 Å². The van der Waals surface area contributed by atoms with Crippen LogP contribution >= 0.6 is 0 Å². The summed E-state index contributed by atoms with van der Waals surface area (Å²) >= 11 is 0. The van der Waals surface area contributed by atoms with Gasteiger partial charge in [-0.2, -0.15) is 0 Å². The van der Waals surface area contributed by atoms with Crippen LogP contribution in [0.25, 0.3) is 0 Å². The molecule has 0 aromatic carbocycles. The molecule has 0 saturated heterocycles. The molecule has 21 heavy (non-hydrogen) atoms. The SMILES string of the molecule is C=C(C)C1CCC2(C)OC3=C(CC12)C(=O)C(O)CC3OC. The van der Waals surface area contributed by atoms with Crippen LogP contribution in [0.5, 0.6) is 0 Å². The molecule has 0 amide bonds. The number of rotatable bonds is 2. The number of ketones is 1. The van der Waals surface area contributed by atoms with Crippen molar-refractivity contribution in [3.63, 3.8) is 0 Å². The molecule has 4 nitrogen and oxygen atoms in total. The van der Waals surface area contributed by atoms with Crippen molar-refractivity contribution in [2.24, 2.45) is 11.8 Å². The third kappa shape index (κ3) is 2.16. The van der Waals surface area contributed by atoms with E-state index in [1.807, 2.05) is 0 Å². The summed E-state index contributed by atoms with van der Waals surface area (Å²) in [4.78, 5) is 12.3. The molecule has 0 bridgehead atoms. The van der Waals surface area contributed by atoms with Gasteiger partial charge in [-0.15, -0.1) is 0 Å². The third-order valence-electron chi connectivity index (χ3n) is 5.53. The van der Waals surface area contributed by atoms with Crippen LogP contribution in [0.4, 0.5) is 0 Å². The zero-order valence-corrected chi connectivity index (χ0v) is 13.0. The minimum atomic E-state index is -0.966. The lowest BCUT2D eigenvalue weighted by Crippen LogP contribution is -2.47. The fourth-order valence-electron chi connectivity index (χ4n) is 4.27. The topological polar surface area (TPSA) is 55.8 Å². The number of aliphatic hydroxyl groups excluding tert-OH is 1. The highest BCUT2D eigenvalue weighted by Crippen LogP contribution is 2.53. The zero-order chi connectivity index (χ0) is 15.4. The molecule has 5 atom stereocenters. The molecule has 3 rings (SSSR count). The first-order valence-corrected chi connectivity index (χ1v) is 7.70. The first-order chi connectivity index (χ1) is 9.87. The van der Waals surface area contributed by atoms with Gasteiger partial charge in [-0.1, -0.05) is 12.2 Å². The Bertz CT molecular complexity index is 521. The van der Waals surface area contributed by atoms with E-state index in [1.165, 1.54) is 0 Å². The first kappa shape index (κ1) is 14.8. The number of hydrogen-bond acceptors (Lipinski definition) is 4. The Morgan fingerprint density at radius 3 is 2.86 bits per heavy atom. The van der Waals surface area contributed by atoms with Gasteiger partial charge in [0.25, 0.3) is 0 Å². The van der Waals surface area contributed by atoms with Gasteiger partial charge in [-0.25, -0.2) is 0 Å². The number of ether oxygens (including phenoxy) is 2. The monoisotopic (exact) mass is 292 g/mol. The van der Waals surface area contributed by atoms with Gasteiger partial charge < -0.3 is 14.6 Å². The van der Waals surface area contributed by atoms with Gasteiger partial charge in [0.2, 0.25) is 0 Å². The number of fused-ring (bicyclic) bond motifs is 1. The molecule has 0 aromatic heterocycles. The van der Waals surface area contributed by atoms with Crippen LogP contribution in [-0.4, -0.2) is 35.8 Å². The second-order valence-electron chi connectivity index (χ2n) is 6.90. The molecular formula is C17H24O4. The highest BCUT2D eigenvalue weighted by molar-refractivity contribution is 6.00. The van der Waals surface area contributed by atoms with Gasteiger partial charge in [0.05, 0.1) is 0 Å². The van der Waals surface area contributed by atoms with Crippen LogP contribution in [0.15, 0.2) is 23.5 Å². The summed E-state index contributed by atoms with van der Waals surface area (Å²) in [7, 11) is 1.60. The molecular weight excluding hydrogens is 268 g/mol. The van der Waals surface area contributed by atoms with E-state index in [9.17, 15) is 9.90 Å². The molecule has 3 aliphatic rings. The van der Waals surface area contributed by atoms with Gasteiger partial charge in [0, 0.05) is 25.0 Å². The number of carbonyl (C=O) groups excluding carboxylic acids is 1. The van der Waals surface area contributed by atoms with Crippen molar-refractivity contribution in [3.8, 4) is 0 Å². The molecule has 4 heteroatoms. The minimum Gasteiger partial charge on any atom is -0.488 e. The normalized spacial score (nSPS) is 42.4. The molecule has 1 aliphatic heterocycles. The number of allylic oxidation sites excluding steroid dienone is 1. The van der Waals surface area contributed by atoms with Crippen molar-refractivity contribution in [1.29, 1.82) is 0 Å². The molecule has 1 N–H and O–H groups in total. The Labute approximate surface area is 125 Å². The maximum atomic E-state index is 12.3. The van der Waals surface area contributed by atoms with Crippen molar-refractivity contribution in [2.75, 3.05) is 7.11 Å². The van der Waals surface area contributed by atoms with Gasteiger partial charge in [-0.3, -0.25) is 4.79 Å². The van der Waals surface area contributed by atoms with E-state index in [2.05, 4.69) is 20.4 Å². The van der Waals surface area contributed by atoms with E-state index in [1.54, 1.807) is 7.11 Å². The lowest BCUT2D eigenvalue weighted by atomic mass is 9.74. The molecule has 0 aromatic rings. The molecule has 0 radical (unpaired) electrons. The second-order valence-corrected chi connectivity index (χ2v) is 6.90. The van der Waals surface area contributed by atoms with Gasteiger partial charge >= 0.3 is 0 Å². The summed E-state index contributed by atoms with van der Waals surface area (Å²) < 4.78 is 11.7. The van der Waals surface area contributed by atoms with Crippen molar-refractivity contribution < 1.29 is 19.4 Å². The van der Waals surface area contributed by atoms with Crippen molar-refractivity contribution >= 4 is 5.78 Å².